The SMILES string of the molecule is COC(=O)CN(C(=O)CNC1CC1)C(C)C. The molecule has 5 nitrogen and oxygen atoms in total. The number of hydrogen-bond acceptors (Lipinski definition) is 4. The van der Waals surface area contributed by atoms with Crippen molar-refractivity contribution in [3.63, 3.8) is 0 Å². The van der Waals surface area contributed by atoms with Crippen molar-refractivity contribution in [3.8, 4) is 0 Å². The van der Waals surface area contributed by atoms with Crippen molar-refractivity contribution in [2.45, 2.75) is 38.8 Å². The molecule has 1 fully saturated rings. The number of nitrogens with zero attached hydrogens (tertiary/aromatic N) is 1. The second-order valence-electron chi connectivity index (χ2n) is 4.35. The Labute approximate surface area is 96.1 Å². The van der Waals surface area contributed by atoms with Crippen molar-refractivity contribution in [2.75, 3.05) is 20.2 Å². The average molecular weight is 228 g/mol. The molecule has 0 aromatic rings. The third kappa shape index (κ3) is 4.18. The third-order valence-electron chi connectivity index (χ3n) is 2.59. The molecular weight excluding hydrogens is 208 g/mol. The van der Waals surface area contributed by atoms with Crippen LogP contribution in [0, 0.1) is 0 Å². The highest BCUT2D eigenvalue weighted by molar-refractivity contribution is 5.83. The molecule has 5 heteroatoms. The fraction of sp³-hybridized carbons (Fsp3) is 0.818. The molecule has 0 unspecified atom stereocenters. The number of methoxy groups -OCH3 is 1. The Morgan fingerprint density at radius 3 is 2.50 bits per heavy atom. The van der Waals surface area contributed by atoms with Crippen LogP contribution in [-0.2, 0) is 14.3 Å². The van der Waals surface area contributed by atoms with E-state index in [1.807, 2.05) is 13.8 Å². The zero-order valence-corrected chi connectivity index (χ0v) is 10.2. The molecule has 1 amide bonds. The minimum absolute atomic E-state index is 0.00704. The van der Waals surface area contributed by atoms with E-state index in [0.29, 0.717) is 12.6 Å². The molecule has 0 aliphatic heterocycles. The molecule has 0 atom stereocenters. The number of hydrogen-bond donors (Lipinski definition) is 1. The monoisotopic (exact) mass is 228 g/mol. The summed E-state index contributed by atoms with van der Waals surface area (Å²) < 4.78 is 4.57. The van der Waals surface area contributed by atoms with Gasteiger partial charge in [-0.05, 0) is 26.7 Å². The summed E-state index contributed by atoms with van der Waals surface area (Å²) in [6, 6.07) is 0.503. The second-order valence-corrected chi connectivity index (χ2v) is 4.35. The van der Waals surface area contributed by atoms with Crippen LogP contribution in [0.3, 0.4) is 0 Å². The molecule has 1 aliphatic rings. The lowest BCUT2D eigenvalue weighted by Gasteiger charge is -2.25. The second kappa shape index (κ2) is 5.84. The maximum absolute atomic E-state index is 11.8. The minimum atomic E-state index is -0.381. The molecule has 16 heavy (non-hydrogen) atoms. The lowest BCUT2D eigenvalue weighted by atomic mass is 10.3. The molecular formula is C11H20N2O3. The van der Waals surface area contributed by atoms with Crippen LogP contribution in [0.25, 0.3) is 0 Å². The molecule has 1 saturated carbocycles. The molecule has 0 bridgehead atoms. The Morgan fingerprint density at radius 1 is 1.44 bits per heavy atom. The molecule has 92 valence electrons. The zero-order valence-electron chi connectivity index (χ0n) is 10.2. The van der Waals surface area contributed by atoms with Crippen LogP contribution in [0.5, 0.6) is 0 Å². The number of carbonyl (C=O) groups is 2. The molecule has 0 aromatic heterocycles. The molecule has 0 aromatic carbocycles. The van der Waals surface area contributed by atoms with Gasteiger partial charge < -0.3 is 15.0 Å². The van der Waals surface area contributed by atoms with E-state index in [4.69, 9.17) is 0 Å². The molecule has 0 heterocycles. The molecule has 1 N–H and O–H groups in total. The van der Waals surface area contributed by atoms with Crippen molar-refractivity contribution >= 4 is 11.9 Å². The topological polar surface area (TPSA) is 58.6 Å². The van der Waals surface area contributed by atoms with Crippen molar-refractivity contribution < 1.29 is 14.3 Å². The number of esters is 1. The van der Waals surface area contributed by atoms with Gasteiger partial charge in [0.25, 0.3) is 0 Å². The van der Waals surface area contributed by atoms with E-state index >= 15 is 0 Å². The molecule has 0 spiro atoms. The average Bonchev–Trinajstić information content (AvgIpc) is 3.05. The van der Waals surface area contributed by atoms with Crippen LogP contribution in [0.1, 0.15) is 26.7 Å². The predicted molar refractivity (Wildman–Crippen MR) is 59.9 cm³/mol. The van der Waals surface area contributed by atoms with Crippen LogP contribution in [-0.4, -0.2) is 49.1 Å². The van der Waals surface area contributed by atoms with Crippen LogP contribution < -0.4 is 5.32 Å². The molecule has 1 rings (SSSR count). The van der Waals surface area contributed by atoms with Gasteiger partial charge in [-0.25, -0.2) is 0 Å². The standard InChI is InChI=1S/C11H20N2O3/c1-8(2)13(7-11(15)16-3)10(14)6-12-9-4-5-9/h8-9,12H,4-7H2,1-3H3. The first-order valence-corrected chi connectivity index (χ1v) is 5.64. The summed E-state index contributed by atoms with van der Waals surface area (Å²) in [4.78, 5) is 24.5. The number of ether oxygens (including phenoxy) is 1. The summed E-state index contributed by atoms with van der Waals surface area (Å²) in [6.07, 6.45) is 2.29. The smallest absolute Gasteiger partial charge is 0.325 e. The van der Waals surface area contributed by atoms with E-state index in [9.17, 15) is 9.59 Å². The highest BCUT2D eigenvalue weighted by Gasteiger charge is 2.24. The van der Waals surface area contributed by atoms with Gasteiger partial charge in [-0.2, -0.15) is 0 Å². The highest BCUT2D eigenvalue weighted by atomic mass is 16.5. The maximum atomic E-state index is 11.8. The fourth-order valence-electron chi connectivity index (χ4n) is 1.38. The van der Waals surface area contributed by atoms with Gasteiger partial charge in [0.15, 0.2) is 0 Å². The number of nitrogens with one attached hydrogen (secondary N) is 1. The van der Waals surface area contributed by atoms with E-state index in [1.54, 1.807) is 0 Å². The van der Waals surface area contributed by atoms with E-state index in [0.717, 1.165) is 12.8 Å². The maximum Gasteiger partial charge on any atom is 0.325 e. The number of carbonyl (C=O) groups excluding carboxylic acids is 2. The van der Waals surface area contributed by atoms with Crippen LogP contribution in [0.4, 0.5) is 0 Å². The van der Waals surface area contributed by atoms with Crippen LogP contribution in [0.15, 0.2) is 0 Å². The van der Waals surface area contributed by atoms with Crippen LogP contribution in [0.2, 0.25) is 0 Å². The van der Waals surface area contributed by atoms with Gasteiger partial charge >= 0.3 is 5.97 Å². The first-order valence-electron chi connectivity index (χ1n) is 5.64. The molecule has 0 saturated heterocycles. The van der Waals surface area contributed by atoms with Crippen molar-refractivity contribution in [1.29, 1.82) is 0 Å². The van der Waals surface area contributed by atoms with Gasteiger partial charge in [-0.15, -0.1) is 0 Å². The summed E-state index contributed by atoms with van der Waals surface area (Å²) in [7, 11) is 1.33. The summed E-state index contributed by atoms with van der Waals surface area (Å²) >= 11 is 0. The minimum Gasteiger partial charge on any atom is -0.468 e. The Morgan fingerprint density at radius 2 is 2.06 bits per heavy atom. The van der Waals surface area contributed by atoms with Gasteiger partial charge in [-0.3, -0.25) is 9.59 Å². The Hall–Kier alpha value is -1.10. The lowest BCUT2D eigenvalue weighted by molar-refractivity contribution is -0.147. The van der Waals surface area contributed by atoms with E-state index < -0.39 is 0 Å². The van der Waals surface area contributed by atoms with E-state index in [-0.39, 0.29) is 24.5 Å². The van der Waals surface area contributed by atoms with Gasteiger partial charge in [0.2, 0.25) is 5.91 Å². The van der Waals surface area contributed by atoms with Crippen molar-refractivity contribution in [3.05, 3.63) is 0 Å². The highest BCUT2D eigenvalue weighted by Crippen LogP contribution is 2.18. The Kier molecular flexibility index (Phi) is 4.73. The van der Waals surface area contributed by atoms with Gasteiger partial charge in [0.05, 0.1) is 13.7 Å². The summed E-state index contributed by atoms with van der Waals surface area (Å²) in [5, 5.41) is 3.14. The number of amides is 1. The lowest BCUT2D eigenvalue weighted by Crippen LogP contribution is -2.45. The van der Waals surface area contributed by atoms with Gasteiger partial charge in [0.1, 0.15) is 6.54 Å². The van der Waals surface area contributed by atoms with Crippen molar-refractivity contribution in [2.24, 2.45) is 0 Å². The van der Waals surface area contributed by atoms with Gasteiger partial charge in [0, 0.05) is 12.1 Å². The summed E-state index contributed by atoms with van der Waals surface area (Å²) in [6.45, 7) is 4.11. The molecule has 1 aliphatic carbocycles. The Balaban J connectivity index is 2.40. The first kappa shape index (κ1) is 13.0. The number of rotatable bonds is 6. The largest absolute Gasteiger partial charge is 0.468 e. The van der Waals surface area contributed by atoms with E-state index in [1.165, 1.54) is 12.0 Å². The van der Waals surface area contributed by atoms with Crippen LogP contribution >= 0.6 is 0 Å². The van der Waals surface area contributed by atoms with Gasteiger partial charge in [-0.1, -0.05) is 0 Å². The molecule has 0 radical (unpaired) electrons. The first-order chi connectivity index (χ1) is 7.54. The normalized spacial score (nSPS) is 15.0. The van der Waals surface area contributed by atoms with Crippen molar-refractivity contribution in [1.82, 2.24) is 10.2 Å². The Bertz CT molecular complexity index is 262. The van der Waals surface area contributed by atoms with E-state index in [2.05, 4.69) is 10.1 Å². The summed E-state index contributed by atoms with van der Waals surface area (Å²) in [5.74, 6) is -0.430. The fourth-order valence-corrected chi connectivity index (χ4v) is 1.38. The third-order valence-corrected chi connectivity index (χ3v) is 2.59. The summed E-state index contributed by atoms with van der Waals surface area (Å²) in [5.41, 5.74) is 0. The zero-order chi connectivity index (χ0) is 12.1. The predicted octanol–water partition coefficient (Wildman–Crippen LogP) is 0.148. The quantitative estimate of drug-likeness (QED) is 0.657.